The monoisotopic (exact) mass is 404 g/mol. The van der Waals surface area contributed by atoms with Crippen molar-refractivity contribution in [2.75, 3.05) is 38.1 Å². The first-order valence-electron chi connectivity index (χ1n) is 10.1. The number of benzene rings is 3. The minimum absolute atomic E-state index is 0.158. The molecule has 1 aromatic heterocycles. The summed E-state index contributed by atoms with van der Waals surface area (Å²) in [4.78, 5) is 4.70. The number of halogens is 2. The number of likely N-dealkylation sites (N-methyl/N-ethyl adjacent to an activating group) is 1. The molecule has 0 atom stereocenters. The quantitative estimate of drug-likeness (QED) is 0.494. The van der Waals surface area contributed by atoms with Gasteiger partial charge >= 0.3 is 0 Å². The number of hydrogen-bond donors (Lipinski definition) is 0. The second kappa shape index (κ2) is 7.54. The minimum atomic E-state index is -0.639. The number of nitrogens with zero attached hydrogens (tertiary/aromatic N) is 4. The molecule has 1 aliphatic heterocycles. The van der Waals surface area contributed by atoms with Crippen molar-refractivity contribution in [2.24, 2.45) is 0 Å². The third-order valence-electron chi connectivity index (χ3n) is 5.75. The molecule has 1 aliphatic rings. The lowest BCUT2D eigenvalue weighted by Crippen LogP contribution is -2.44. The normalized spacial score (nSPS) is 15.1. The lowest BCUT2D eigenvalue weighted by molar-refractivity contribution is 0.313. The smallest absolute Gasteiger partial charge is 0.151 e. The van der Waals surface area contributed by atoms with Crippen molar-refractivity contribution in [3.8, 4) is 16.9 Å². The maximum Gasteiger partial charge on any atom is 0.151 e. The molecule has 3 aromatic carbocycles. The summed E-state index contributed by atoms with van der Waals surface area (Å²) in [5.41, 5.74) is 3.31. The van der Waals surface area contributed by atoms with Gasteiger partial charge in [0.05, 0.1) is 5.52 Å². The van der Waals surface area contributed by atoms with E-state index in [1.54, 1.807) is 0 Å². The lowest BCUT2D eigenvalue weighted by Gasteiger charge is -2.34. The van der Waals surface area contributed by atoms with Gasteiger partial charge in [0.25, 0.3) is 0 Å². The van der Waals surface area contributed by atoms with Crippen LogP contribution in [-0.4, -0.2) is 47.9 Å². The summed E-state index contributed by atoms with van der Waals surface area (Å²) < 4.78 is 30.3. The van der Waals surface area contributed by atoms with Crippen LogP contribution in [0.15, 0.2) is 66.7 Å². The van der Waals surface area contributed by atoms with Gasteiger partial charge in [0.2, 0.25) is 0 Å². The molecule has 4 nitrogen and oxygen atoms in total. The molecule has 0 amide bonds. The SMILES string of the molecule is CN1CCN(c2ccc(-c3nn(-c4c(F)cccc4F)c4ccccc34)cc2)CC1. The Hall–Kier alpha value is -3.25. The van der Waals surface area contributed by atoms with Crippen LogP contribution in [-0.2, 0) is 0 Å². The average molecular weight is 404 g/mol. The van der Waals surface area contributed by atoms with Crippen LogP contribution < -0.4 is 4.90 Å². The first kappa shape index (κ1) is 18.8. The molecule has 0 spiro atoms. The van der Waals surface area contributed by atoms with E-state index in [-0.39, 0.29) is 5.69 Å². The Morgan fingerprint density at radius 3 is 2.13 bits per heavy atom. The van der Waals surface area contributed by atoms with Crippen LogP contribution in [0.2, 0.25) is 0 Å². The summed E-state index contributed by atoms with van der Waals surface area (Å²) in [6, 6.07) is 19.6. The van der Waals surface area contributed by atoms with Crippen LogP contribution in [0.1, 0.15) is 0 Å². The third-order valence-corrected chi connectivity index (χ3v) is 5.75. The molecule has 6 heteroatoms. The van der Waals surface area contributed by atoms with E-state index in [0.29, 0.717) is 11.2 Å². The summed E-state index contributed by atoms with van der Waals surface area (Å²) in [6.45, 7) is 4.09. The Bertz CT molecular complexity index is 1170. The van der Waals surface area contributed by atoms with Crippen molar-refractivity contribution >= 4 is 16.6 Å². The van der Waals surface area contributed by atoms with Gasteiger partial charge in [-0.25, -0.2) is 13.5 Å². The number of fused-ring (bicyclic) bond motifs is 1. The van der Waals surface area contributed by atoms with Crippen LogP contribution in [0, 0.1) is 11.6 Å². The van der Waals surface area contributed by atoms with Crippen LogP contribution in [0.25, 0.3) is 27.8 Å². The molecule has 0 saturated carbocycles. The van der Waals surface area contributed by atoms with E-state index in [2.05, 4.69) is 34.1 Å². The van der Waals surface area contributed by atoms with Gasteiger partial charge in [-0.3, -0.25) is 0 Å². The Kier molecular flexibility index (Phi) is 4.71. The first-order valence-corrected chi connectivity index (χ1v) is 10.1. The highest BCUT2D eigenvalue weighted by Gasteiger charge is 2.19. The number of anilines is 1. The highest BCUT2D eigenvalue weighted by Crippen LogP contribution is 2.32. The summed E-state index contributed by atoms with van der Waals surface area (Å²) in [7, 11) is 2.14. The van der Waals surface area contributed by atoms with Gasteiger partial charge in [-0.15, -0.1) is 0 Å². The van der Waals surface area contributed by atoms with Gasteiger partial charge in [0, 0.05) is 42.8 Å². The van der Waals surface area contributed by atoms with E-state index in [1.807, 2.05) is 36.4 Å². The fraction of sp³-hybridized carbons (Fsp3) is 0.208. The van der Waals surface area contributed by atoms with Crippen molar-refractivity contribution in [1.82, 2.24) is 14.7 Å². The van der Waals surface area contributed by atoms with Crippen LogP contribution >= 0.6 is 0 Å². The fourth-order valence-electron chi connectivity index (χ4n) is 4.04. The molecule has 5 rings (SSSR count). The van der Waals surface area contributed by atoms with Crippen molar-refractivity contribution in [3.05, 3.63) is 78.4 Å². The molecule has 30 heavy (non-hydrogen) atoms. The molecule has 0 radical (unpaired) electrons. The zero-order valence-corrected chi connectivity index (χ0v) is 16.7. The topological polar surface area (TPSA) is 24.3 Å². The molecule has 0 N–H and O–H groups in total. The minimum Gasteiger partial charge on any atom is -0.369 e. The van der Waals surface area contributed by atoms with Gasteiger partial charge < -0.3 is 9.80 Å². The van der Waals surface area contributed by atoms with E-state index in [0.717, 1.165) is 37.1 Å². The van der Waals surface area contributed by atoms with E-state index >= 15 is 0 Å². The third kappa shape index (κ3) is 3.23. The number of hydrogen-bond acceptors (Lipinski definition) is 3. The predicted molar refractivity (Wildman–Crippen MR) is 116 cm³/mol. The summed E-state index contributed by atoms with van der Waals surface area (Å²) in [5, 5.41) is 5.47. The number of rotatable bonds is 3. The van der Waals surface area contributed by atoms with Gasteiger partial charge in [-0.2, -0.15) is 5.10 Å². The van der Waals surface area contributed by atoms with Gasteiger partial charge in [-0.1, -0.05) is 36.4 Å². The molecule has 4 aromatic rings. The fourth-order valence-corrected chi connectivity index (χ4v) is 4.04. The van der Waals surface area contributed by atoms with E-state index in [4.69, 9.17) is 0 Å². The highest BCUT2D eigenvalue weighted by atomic mass is 19.1. The Balaban J connectivity index is 1.57. The van der Waals surface area contributed by atoms with Gasteiger partial charge in [0.15, 0.2) is 11.6 Å². The number of aromatic nitrogens is 2. The second-order valence-corrected chi connectivity index (χ2v) is 7.69. The van der Waals surface area contributed by atoms with Crippen LogP contribution in [0.4, 0.5) is 14.5 Å². The maximum absolute atomic E-state index is 14.5. The summed E-state index contributed by atoms with van der Waals surface area (Å²) >= 11 is 0. The molecule has 0 bridgehead atoms. The Morgan fingerprint density at radius 2 is 1.43 bits per heavy atom. The standard InChI is InChI=1S/C24H22F2N4/c1-28-13-15-29(16-14-28)18-11-9-17(10-12-18)23-19-5-2-3-8-22(19)30(27-23)24-20(25)6-4-7-21(24)26/h2-12H,13-16H2,1H3. The average Bonchev–Trinajstić information content (AvgIpc) is 3.14. The summed E-state index contributed by atoms with van der Waals surface area (Å²) in [6.07, 6.45) is 0. The van der Waals surface area contributed by atoms with Crippen molar-refractivity contribution in [1.29, 1.82) is 0 Å². The zero-order valence-electron chi connectivity index (χ0n) is 16.7. The summed E-state index contributed by atoms with van der Waals surface area (Å²) in [5.74, 6) is -1.28. The Labute approximate surface area is 174 Å². The van der Waals surface area contributed by atoms with Crippen LogP contribution in [0.5, 0.6) is 0 Å². The molecule has 2 heterocycles. The molecule has 1 saturated heterocycles. The van der Waals surface area contributed by atoms with Crippen LogP contribution in [0.3, 0.4) is 0 Å². The number of piperazine rings is 1. The van der Waals surface area contributed by atoms with Gasteiger partial charge in [0.1, 0.15) is 11.4 Å². The lowest BCUT2D eigenvalue weighted by atomic mass is 10.1. The molecular weight excluding hydrogens is 382 g/mol. The second-order valence-electron chi connectivity index (χ2n) is 7.69. The largest absolute Gasteiger partial charge is 0.369 e. The van der Waals surface area contributed by atoms with E-state index in [9.17, 15) is 8.78 Å². The van der Waals surface area contributed by atoms with E-state index < -0.39 is 11.6 Å². The Morgan fingerprint density at radius 1 is 0.767 bits per heavy atom. The van der Waals surface area contributed by atoms with Gasteiger partial charge in [-0.05, 0) is 37.4 Å². The maximum atomic E-state index is 14.5. The number of para-hydroxylation sites is 2. The zero-order chi connectivity index (χ0) is 20.7. The molecule has 0 unspecified atom stereocenters. The van der Waals surface area contributed by atoms with Crippen molar-refractivity contribution in [2.45, 2.75) is 0 Å². The van der Waals surface area contributed by atoms with Crippen molar-refractivity contribution in [3.63, 3.8) is 0 Å². The molecule has 1 fully saturated rings. The molecular formula is C24H22F2N4. The highest BCUT2D eigenvalue weighted by molar-refractivity contribution is 5.94. The molecule has 152 valence electrons. The first-order chi connectivity index (χ1) is 14.6. The van der Waals surface area contributed by atoms with Crippen molar-refractivity contribution < 1.29 is 8.78 Å². The predicted octanol–water partition coefficient (Wildman–Crippen LogP) is 4.72. The van der Waals surface area contributed by atoms with E-state index in [1.165, 1.54) is 28.6 Å². The molecule has 0 aliphatic carbocycles.